The maximum absolute atomic E-state index is 13.4. The Morgan fingerprint density at radius 3 is 2.59 bits per heavy atom. The van der Waals surface area contributed by atoms with E-state index in [9.17, 15) is 19.7 Å². The largest absolute Gasteiger partial charge is 0.396 e. The highest BCUT2D eigenvalue weighted by Gasteiger charge is 2.42. The molecule has 6 atom stereocenters. The van der Waals surface area contributed by atoms with Gasteiger partial charge in [-0.1, -0.05) is 23.9 Å². The molecule has 206 valence electrons. The van der Waals surface area contributed by atoms with Gasteiger partial charge in [-0.2, -0.15) is 4.98 Å². The SMILES string of the molecule is Cc1nc(NC(C)c2ccc(F)cc2)nc(NC2CC(CO)C(O)C2O)c1C1Nc2c(ccnc2C2CC2)S1. The summed E-state index contributed by atoms with van der Waals surface area (Å²) in [6.45, 7) is 3.67. The van der Waals surface area contributed by atoms with Gasteiger partial charge in [-0.15, -0.1) is 0 Å². The number of benzene rings is 1. The van der Waals surface area contributed by atoms with E-state index in [1.807, 2.05) is 26.1 Å². The van der Waals surface area contributed by atoms with E-state index in [1.165, 1.54) is 12.1 Å². The molecule has 6 N–H and O–H groups in total. The van der Waals surface area contributed by atoms with E-state index >= 15 is 0 Å². The minimum absolute atomic E-state index is 0.176. The third-order valence-electron chi connectivity index (χ3n) is 7.90. The van der Waals surface area contributed by atoms with E-state index in [-0.39, 0.29) is 23.8 Å². The molecule has 9 nitrogen and oxygen atoms in total. The fraction of sp³-hybridized carbons (Fsp3) is 0.464. The Balaban J connectivity index is 1.33. The van der Waals surface area contributed by atoms with E-state index in [1.54, 1.807) is 23.9 Å². The van der Waals surface area contributed by atoms with Crippen LogP contribution in [0.3, 0.4) is 0 Å². The topological polar surface area (TPSA) is 135 Å². The fourth-order valence-electron chi connectivity index (χ4n) is 5.51. The molecule has 0 bridgehead atoms. The number of aromatic nitrogens is 3. The number of halogens is 1. The van der Waals surface area contributed by atoms with Crippen LogP contribution in [0.15, 0.2) is 41.4 Å². The number of aliphatic hydroxyl groups excluding tert-OH is 3. The number of rotatable bonds is 8. The highest BCUT2D eigenvalue weighted by molar-refractivity contribution is 8.00. The average Bonchev–Trinajstić information content (AvgIpc) is 3.62. The fourth-order valence-corrected chi connectivity index (χ4v) is 6.76. The molecule has 11 heteroatoms. The van der Waals surface area contributed by atoms with Gasteiger partial charge < -0.3 is 31.3 Å². The van der Waals surface area contributed by atoms with Gasteiger partial charge in [0.1, 0.15) is 23.1 Å². The van der Waals surface area contributed by atoms with Crippen LogP contribution in [0.5, 0.6) is 0 Å². The molecule has 0 spiro atoms. The Kier molecular flexibility index (Phi) is 7.09. The second-order valence-electron chi connectivity index (χ2n) is 10.7. The van der Waals surface area contributed by atoms with Crippen molar-refractivity contribution in [2.24, 2.45) is 5.92 Å². The van der Waals surface area contributed by atoms with E-state index in [4.69, 9.17) is 9.97 Å². The first-order valence-electron chi connectivity index (χ1n) is 13.4. The predicted octanol–water partition coefficient (Wildman–Crippen LogP) is 4.10. The molecule has 0 amide bonds. The lowest BCUT2D eigenvalue weighted by Crippen LogP contribution is -2.36. The number of anilines is 3. The first kappa shape index (κ1) is 26.2. The molecule has 3 aliphatic rings. The number of pyridine rings is 1. The maximum Gasteiger partial charge on any atom is 0.225 e. The normalized spacial score (nSPS) is 26.7. The van der Waals surface area contributed by atoms with Crippen molar-refractivity contribution in [2.45, 2.75) is 73.6 Å². The second kappa shape index (κ2) is 10.5. The van der Waals surface area contributed by atoms with E-state index in [0.29, 0.717) is 24.1 Å². The molecule has 2 fully saturated rings. The molecule has 6 rings (SSSR count). The molecule has 2 aliphatic carbocycles. The van der Waals surface area contributed by atoms with Crippen LogP contribution in [0, 0.1) is 18.7 Å². The van der Waals surface area contributed by atoms with Gasteiger partial charge in [-0.05, 0) is 56.9 Å². The van der Waals surface area contributed by atoms with Gasteiger partial charge in [-0.25, -0.2) is 9.37 Å². The molecule has 1 aromatic carbocycles. The summed E-state index contributed by atoms with van der Waals surface area (Å²) in [5.74, 6) is 0.713. The summed E-state index contributed by atoms with van der Waals surface area (Å²) in [6.07, 6.45) is 2.49. The molecule has 6 unspecified atom stereocenters. The van der Waals surface area contributed by atoms with Gasteiger partial charge in [0.05, 0.1) is 35.3 Å². The average molecular weight is 553 g/mol. The van der Waals surface area contributed by atoms with Gasteiger partial charge in [0, 0.05) is 35.1 Å². The number of fused-ring (bicyclic) bond motifs is 1. The minimum atomic E-state index is -1.05. The zero-order valence-electron chi connectivity index (χ0n) is 21.8. The molecule has 0 radical (unpaired) electrons. The van der Waals surface area contributed by atoms with Gasteiger partial charge >= 0.3 is 0 Å². The van der Waals surface area contributed by atoms with Gasteiger partial charge in [0.15, 0.2) is 0 Å². The van der Waals surface area contributed by atoms with E-state index in [2.05, 4.69) is 20.9 Å². The van der Waals surface area contributed by atoms with Crippen LogP contribution >= 0.6 is 11.8 Å². The molecular weight excluding hydrogens is 519 g/mol. The first-order chi connectivity index (χ1) is 18.8. The van der Waals surface area contributed by atoms with Crippen LogP contribution in [-0.4, -0.2) is 55.1 Å². The predicted molar refractivity (Wildman–Crippen MR) is 148 cm³/mol. The maximum atomic E-state index is 13.4. The van der Waals surface area contributed by atoms with Crippen molar-refractivity contribution >= 4 is 29.2 Å². The highest BCUT2D eigenvalue weighted by Crippen LogP contribution is 2.53. The lowest BCUT2D eigenvalue weighted by Gasteiger charge is -2.25. The quantitative estimate of drug-likeness (QED) is 0.242. The number of aliphatic hydroxyl groups is 3. The summed E-state index contributed by atoms with van der Waals surface area (Å²) in [5.41, 5.74) is 4.66. The monoisotopic (exact) mass is 552 g/mol. The van der Waals surface area contributed by atoms with Crippen LogP contribution in [0.4, 0.5) is 21.8 Å². The lowest BCUT2D eigenvalue weighted by molar-refractivity contribution is 0.00445. The van der Waals surface area contributed by atoms with Crippen molar-refractivity contribution in [1.82, 2.24) is 15.0 Å². The number of aryl methyl sites for hydroxylation is 1. The van der Waals surface area contributed by atoms with Crippen LogP contribution in [0.1, 0.15) is 66.0 Å². The summed E-state index contributed by atoms with van der Waals surface area (Å²) < 4.78 is 13.4. The van der Waals surface area contributed by atoms with E-state index in [0.717, 1.165) is 45.9 Å². The molecule has 3 heterocycles. The van der Waals surface area contributed by atoms with Gasteiger partial charge in [0.25, 0.3) is 0 Å². The first-order valence-corrected chi connectivity index (χ1v) is 14.3. The Morgan fingerprint density at radius 2 is 1.90 bits per heavy atom. The summed E-state index contributed by atoms with van der Waals surface area (Å²) in [6, 6.07) is 7.63. The summed E-state index contributed by atoms with van der Waals surface area (Å²) in [4.78, 5) is 15.4. The Hall–Kier alpha value is -2.99. The van der Waals surface area contributed by atoms with Crippen LogP contribution in [-0.2, 0) is 0 Å². The molecule has 3 aromatic rings. The smallest absolute Gasteiger partial charge is 0.225 e. The summed E-state index contributed by atoms with van der Waals surface area (Å²) >= 11 is 1.68. The second-order valence-corrected chi connectivity index (χ2v) is 11.9. The Labute approximate surface area is 230 Å². The molecular formula is C28H33FN6O3S. The molecule has 39 heavy (non-hydrogen) atoms. The van der Waals surface area contributed by atoms with Crippen molar-refractivity contribution in [3.8, 4) is 0 Å². The number of nitrogens with one attached hydrogen (secondary N) is 3. The van der Waals surface area contributed by atoms with Crippen molar-refractivity contribution in [3.05, 3.63) is 64.9 Å². The molecule has 1 aliphatic heterocycles. The molecule has 2 saturated carbocycles. The standard InChI is InChI=1S/C28H33FN6O3S/c1-13(15-5-7-18(29)8-6-15)31-28-32-14(2)21(26(35-28)33-19-11-17(12-36)24(37)25(19)38)27-34-23-20(39-27)9-10-30-22(23)16-3-4-16/h5-10,13,16-17,19,24-25,27,34,36-38H,3-4,11-12H2,1-2H3,(H2,31,32,33,35). The number of hydrogen-bond donors (Lipinski definition) is 6. The Morgan fingerprint density at radius 1 is 1.13 bits per heavy atom. The zero-order chi connectivity index (χ0) is 27.3. The summed E-state index contributed by atoms with van der Waals surface area (Å²) in [5, 5.41) is 41.0. The van der Waals surface area contributed by atoms with Crippen molar-refractivity contribution in [3.63, 3.8) is 0 Å². The lowest BCUT2D eigenvalue weighted by atomic mass is 10.1. The minimum Gasteiger partial charge on any atom is -0.396 e. The number of hydrogen-bond acceptors (Lipinski definition) is 10. The third-order valence-corrected chi connectivity index (χ3v) is 9.08. The summed E-state index contributed by atoms with van der Waals surface area (Å²) in [7, 11) is 0. The van der Waals surface area contributed by atoms with E-state index < -0.39 is 24.2 Å². The highest BCUT2D eigenvalue weighted by atomic mass is 32.2. The zero-order valence-corrected chi connectivity index (χ0v) is 22.6. The third kappa shape index (κ3) is 5.16. The van der Waals surface area contributed by atoms with Gasteiger partial charge in [-0.3, -0.25) is 4.98 Å². The molecule has 2 aromatic heterocycles. The van der Waals surface area contributed by atoms with Crippen molar-refractivity contribution < 1.29 is 19.7 Å². The van der Waals surface area contributed by atoms with Gasteiger partial charge in [0.2, 0.25) is 5.95 Å². The van der Waals surface area contributed by atoms with Crippen LogP contribution in [0.2, 0.25) is 0 Å². The van der Waals surface area contributed by atoms with Crippen molar-refractivity contribution in [2.75, 3.05) is 22.6 Å². The van der Waals surface area contributed by atoms with Crippen LogP contribution in [0.25, 0.3) is 0 Å². The Bertz CT molecular complexity index is 1360. The van der Waals surface area contributed by atoms with Crippen LogP contribution < -0.4 is 16.0 Å². The molecule has 0 saturated heterocycles. The van der Waals surface area contributed by atoms with Crippen molar-refractivity contribution in [1.29, 1.82) is 0 Å². The number of nitrogens with zero attached hydrogens (tertiary/aromatic N) is 3. The number of thioether (sulfide) groups is 1.